The van der Waals surface area contributed by atoms with E-state index >= 15 is 0 Å². The summed E-state index contributed by atoms with van der Waals surface area (Å²) in [5.74, 6) is -0.749. The monoisotopic (exact) mass is 242 g/mol. The highest BCUT2D eigenvalue weighted by atomic mass is 35.5. The van der Waals surface area contributed by atoms with Gasteiger partial charge in [0, 0.05) is 0 Å². The lowest BCUT2D eigenvalue weighted by Crippen LogP contribution is -2.05. The zero-order valence-electron chi connectivity index (χ0n) is 9.20. The second kappa shape index (κ2) is 6.38. The number of rotatable bonds is 6. The number of ether oxygens (including phenoxy) is 1. The number of carbonyl (C=O) groups is 1. The van der Waals surface area contributed by atoms with E-state index < -0.39 is 5.97 Å². The minimum Gasteiger partial charge on any atom is -0.491 e. The number of hydrogen-bond donors (Lipinski definition) is 1. The van der Waals surface area contributed by atoms with Crippen LogP contribution in [0.15, 0.2) is 18.2 Å². The van der Waals surface area contributed by atoms with Crippen molar-refractivity contribution in [3.63, 3.8) is 0 Å². The van der Waals surface area contributed by atoms with Crippen LogP contribution in [0.5, 0.6) is 5.75 Å². The zero-order chi connectivity index (χ0) is 12.0. The quantitative estimate of drug-likeness (QED) is 0.776. The molecule has 1 aromatic rings. The summed E-state index contributed by atoms with van der Waals surface area (Å²) in [6.45, 7) is 2.59. The van der Waals surface area contributed by atoms with Crippen LogP contribution in [-0.2, 0) is 0 Å². The average Bonchev–Trinajstić information content (AvgIpc) is 2.25. The molecule has 0 saturated heterocycles. The summed E-state index contributed by atoms with van der Waals surface area (Å²) < 4.78 is 5.42. The molecule has 0 bridgehead atoms. The molecule has 0 aromatic heterocycles. The number of hydrogen-bond acceptors (Lipinski definition) is 2. The van der Waals surface area contributed by atoms with Gasteiger partial charge in [-0.05, 0) is 18.6 Å². The molecule has 16 heavy (non-hydrogen) atoms. The molecule has 0 aliphatic heterocycles. The second-order valence-electron chi connectivity index (χ2n) is 3.48. The molecule has 0 aliphatic rings. The maximum Gasteiger partial charge on any atom is 0.339 e. The number of aromatic carboxylic acids is 1. The molecule has 1 aromatic carbocycles. The Balaban J connectivity index is 2.73. The highest BCUT2D eigenvalue weighted by Gasteiger charge is 2.13. The van der Waals surface area contributed by atoms with Gasteiger partial charge in [0.15, 0.2) is 5.75 Å². The molecule has 0 spiro atoms. The van der Waals surface area contributed by atoms with Crippen LogP contribution >= 0.6 is 11.6 Å². The van der Waals surface area contributed by atoms with Gasteiger partial charge in [-0.2, -0.15) is 0 Å². The third kappa shape index (κ3) is 3.42. The maximum atomic E-state index is 10.9. The first-order chi connectivity index (χ1) is 7.66. The van der Waals surface area contributed by atoms with Crippen molar-refractivity contribution in [1.82, 2.24) is 0 Å². The van der Waals surface area contributed by atoms with Gasteiger partial charge in [-0.3, -0.25) is 0 Å². The van der Waals surface area contributed by atoms with Crippen LogP contribution in [0, 0.1) is 0 Å². The van der Waals surface area contributed by atoms with Gasteiger partial charge >= 0.3 is 5.97 Å². The number of para-hydroxylation sites is 1. The van der Waals surface area contributed by atoms with Gasteiger partial charge in [0.25, 0.3) is 0 Å². The Hall–Kier alpha value is -1.22. The number of benzene rings is 1. The second-order valence-corrected chi connectivity index (χ2v) is 3.88. The largest absolute Gasteiger partial charge is 0.491 e. The van der Waals surface area contributed by atoms with E-state index in [0.29, 0.717) is 11.6 Å². The van der Waals surface area contributed by atoms with Crippen LogP contribution in [-0.4, -0.2) is 17.7 Å². The van der Waals surface area contributed by atoms with E-state index in [1.54, 1.807) is 12.1 Å². The lowest BCUT2D eigenvalue weighted by Gasteiger charge is -2.10. The standard InChI is InChI=1S/C12H15ClO3/c1-2-3-4-8-16-11-9(12(14)15)6-5-7-10(11)13/h5-7H,2-4,8H2,1H3,(H,14,15). The van der Waals surface area contributed by atoms with Crippen LogP contribution in [0.25, 0.3) is 0 Å². The Morgan fingerprint density at radius 3 is 2.81 bits per heavy atom. The summed E-state index contributed by atoms with van der Waals surface area (Å²) in [6, 6.07) is 4.72. The molecule has 0 unspecified atom stereocenters. The molecule has 0 heterocycles. The van der Waals surface area contributed by atoms with E-state index in [1.807, 2.05) is 0 Å². The van der Waals surface area contributed by atoms with Crippen LogP contribution in [0.2, 0.25) is 5.02 Å². The predicted molar refractivity (Wildman–Crippen MR) is 63.4 cm³/mol. The Morgan fingerprint density at radius 1 is 1.44 bits per heavy atom. The summed E-state index contributed by atoms with van der Waals surface area (Å²) in [5, 5.41) is 9.30. The van der Waals surface area contributed by atoms with Gasteiger partial charge in [0.1, 0.15) is 5.56 Å². The lowest BCUT2D eigenvalue weighted by atomic mass is 10.2. The first-order valence-electron chi connectivity index (χ1n) is 5.31. The molecule has 0 radical (unpaired) electrons. The van der Waals surface area contributed by atoms with E-state index in [2.05, 4.69) is 6.92 Å². The smallest absolute Gasteiger partial charge is 0.339 e. The first kappa shape index (κ1) is 12.8. The fraction of sp³-hybridized carbons (Fsp3) is 0.417. The average molecular weight is 243 g/mol. The Morgan fingerprint density at radius 2 is 2.19 bits per heavy atom. The minimum atomic E-state index is -1.02. The number of carboxylic acids is 1. The molecule has 1 rings (SSSR count). The van der Waals surface area contributed by atoms with Crippen LogP contribution < -0.4 is 4.74 Å². The normalized spacial score (nSPS) is 10.1. The van der Waals surface area contributed by atoms with E-state index in [4.69, 9.17) is 21.4 Å². The molecule has 1 N–H and O–H groups in total. The van der Waals surface area contributed by atoms with E-state index in [9.17, 15) is 4.79 Å². The SMILES string of the molecule is CCCCCOc1c(Cl)cccc1C(=O)O. The molecule has 0 saturated carbocycles. The third-order valence-corrected chi connectivity index (χ3v) is 2.49. The molecule has 0 amide bonds. The van der Waals surface area contributed by atoms with Crippen molar-refractivity contribution in [2.45, 2.75) is 26.2 Å². The fourth-order valence-corrected chi connectivity index (χ4v) is 1.58. The number of carboxylic acid groups (broad SMARTS) is 1. The van der Waals surface area contributed by atoms with Crippen molar-refractivity contribution in [3.8, 4) is 5.75 Å². The van der Waals surface area contributed by atoms with Crippen molar-refractivity contribution >= 4 is 17.6 Å². The minimum absolute atomic E-state index is 0.115. The fourth-order valence-electron chi connectivity index (χ4n) is 1.35. The highest BCUT2D eigenvalue weighted by Crippen LogP contribution is 2.28. The molecule has 0 fully saturated rings. The van der Waals surface area contributed by atoms with Crippen molar-refractivity contribution in [1.29, 1.82) is 0 Å². The molecule has 4 heteroatoms. The maximum absolute atomic E-state index is 10.9. The molecular formula is C12H15ClO3. The first-order valence-corrected chi connectivity index (χ1v) is 5.69. The summed E-state index contributed by atoms with van der Waals surface area (Å²) in [7, 11) is 0. The number of halogens is 1. The Kier molecular flexibility index (Phi) is 5.12. The molecule has 0 atom stereocenters. The van der Waals surface area contributed by atoms with Crippen molar-refractivity contribution in [3.05, 3.63) is 28.8 Å². The van der Waals surface area contributed by atoms with Gasteiger partial charge in [-0.25, -0.2) is 4.79 Å². The van der Waals surface area contributed by atoms with Crippen molar-refractivity contribution in [2.24, 2.45) is 0 Å². The predicted octanol–water partition coefficient (Wildman–Crippen LogP) is 3.61. The molecule has 3 nitrogen and oxygen atoms in total. The zero-order valence-corrected chi connectivity index (χ0v) is 9.96. The summed E-state index contributed by atoms with van der Waals surface area (Å²) in [4.78, 5) is 10.9. The van der Waals surface area contributed by atoms with Crippen LogP contribution in [0.3, 0.4) is 0 Å². The summed E-state index contributed by atoms with van der Waals surface area (Å²) in [5.41, 5.74) is 0.115. The van der Waals surface area contributed by atoms with Crippen molar-refractivity contribution < 1.29 is 14.6 Å². The Labute approximate surface area is 100.0 Å². The van der Waals surface area contributed by atoms with Crippen molar-refractivity contribution in [2.75, 3.05) is 6.61 Å². The lowest BCUT2D eigenvalue weighted by molar-refractivity contribution is 0.0692. The third-order valence-electron chi connectivity index (χ3n) is 2.19. The van der Waals surface area contributed by atoms with Gasteiger partial charge in [0.05, 0.1) is 11.6 Å². The van der Waals surface area contributed by atoms with Crippen LogP contribution in [0.4, 0.5) is 0 Å². The van der Waals surface area contributed by atoms with Gasteiger partial charge in [-0.15, -0.1) is 0 Å². The van der Waals surface area contributed by atoms with Gasteiger partial charge in [0.2, 0.25) is 0 Å². The molecule has 88 valence electrons. The molecule has 0 aliphatic carbocycles. The Bertz CT molecular complexity index is 363. The highest BCUT2D eigenvalue weighted by molar-refractivity contribution is 6.32. The molecular weight excluding hydrogens is 228 g/mol. The van der Waals surface area contributed by atoms with E-state index in [1.165, 1.54) is 6.07 Å². The van der Waals surface area contributed by atoms with Gasteiger partial charge < -0.3 is 9.84 Å². The summed E-state index contributed by atoms with van der Waals surface area (Å²) >= 11 is 5.90. The summed E-state index contributed by atoms with van der Waals surface area (Å²) in [6.07, 6.45) is 3.06. The van der Waals surface area contributed by atoms with Crippen LogP contribution in [0.1, 0.15) is 36.5 Å². The van der Waals surface area contributed by atoms with Gasteiger partial charge in [-0.1, -0.05) is 37.4 Å². The van der Waals surface area contributed by atoms with E-state index in [0.717, 1.165) is 19.3 Å². The van der Waals surface area contributed by atoms with E-state index in [-0.39, 0.29) is 11.3 Å². The topological polar surface area (TPSA) is 46.5 Å². The number of unbranched alkanes of at least 4 members (excludes halogenated alkanes) is 2.